The zero-order valence-corrected chi connectivity index (χ0v) is 31.1. The maximum absolute atomic E-state index is 12.4. The van der Waals surface area contributed by atoms with Gasteiger partial charge in [-0.1, -0.05) is 54.6 Å². The van der Waals surface area contributed by atoms with Crippen molar-refractivity contribution >= 4 is 68.8 Å². The number of hydrogen-bond acceptors (Lipinski definition) is 10. The molecule has 6 aromatic rings. The van der Waals surface area contributed by atoms with Crippen LogP contribution in [-0.4, -0.2) is 50.7 Å². The zero-order valence-electron chi connectivity index (χ0n) is 28.1. The molecule has 2 aromatic heterocycles. The van der Waals surface area contributed by atoms with Crippen LogP contribution in [0.15, 0.2) is 108 Å². The number of amides is 1. The van der Waals surface area contributed by atoms with Gasteiger partial charge in [-0.05, 0) is 42.5 Å². The third-order valence-electron chi connectivity index (χ3n) is 6.99. The van der Waals surface area contributed by atoms with Gasteiger partial charge in [-0.25, -0.2) is 4.99 Å². The summed E-state index contributed by atoms with van der Waals surface area (Å²) < 4.78 is 5.00. The van der Waals surface area contributed by atoms with Crippen molar-refractivity contribution in [2.45, 2.75) is 6.92 Å². The smallest absolute Gasteiger partial charge is 1.00 e. The van der Waals surface area contributed by atoms with Crippen LogP contribution in [0.3, 0.4) is 0 Å². The Hall–Kier alpha value is -4.86. The minimum Gasteiger partial charge on any atom is -1.00 e. The van der Waals surface area contributed by atoms with E-state index < -0.39 is 11.7 Å². The summed E-state index contributed by atoms with van der Waals surface area (Å²) in [6.45, 7) is 1.21. The monoisotopic (exact) mass is 692 g/mol. The van der Waals surface area contributed by atoms with E-state index >= 15 is 0 Å². The molecule has 4 aromatic carbocycles. The molecule has 4 N–H and O–H groups in total. The predicted molar refractivity (Wildman–Crippen MR) is 174 cm³/mol. The van der Waals surface area contributed by atoms with Gasteiger partial charge >= 0.3 is 65.1 Å². The second kappa shape index (κ2) is 18.2. The molecule has 0 radical (unpaired) electrons. The Balaban J connectivity index is 0.000000256. The zero-order chi connectivity index (χ0) is 34.2. The first-order valence-electron chi connectivity index (χ1n) is 14.2. The Morgan fingerprint density at radius 2 is 1.40 bits per heavy atom. The van der Waals surface area contributed by atoms with Gasteiger partial charge in [0.1, 0.15) is 5.71 Å². The summed E-state index contributed by atoms with van der Waals surface area (Å²) in [4.78, 5) is 66.4. The van der Waals surface area contributed by atoms with Crippen molar-refractivity contribution in [3.8, 4) is 11.6 Å². The van der Waals surface area contributed by atoms with Crippen LogP contribution in [0.25, 0.3) is 21.8 Å². The molecule has 0 atom stereocenters. The molecule has 8 rings (SSSR count). The van der Waals surface area contributed by atoms with Gasteiger partial charge in [-0.15, -0.1) is 0 Å². The maximum Gasteiger partial charge on any atom is 1.00 e. The van der Waals surface area contributed by atoms with Crippen LogP contribution in [-0.2, 0) is 19.3 Å². The van der Waals surface area contributed by atoms with Crippen molar-refractivity contribution < 1.29 is 105 Å². The van der Waals surface area contributed by atoms with Crippen LogP contribution in [0.1, 0.15) is 34.6 Å². The van der Waals surface area contributed by atoms with Crippen LogP contribution in [0.5, 0.6) is 11.6 Å². The van der Waals surface area contributed by atoms with Gasteiger partial charge in [0.2, 0.25) is 5.78 Å². The van der Waals surface area contributed by atoms with Crippen LogP contribution in [0, 0.1) is 0 Å². The average molecular weight is 693 g/mol. The van der Waals surface area contributed by atoms with E-state index in [1.54, 1.807) is 42.6 Å². The van der Waals surface area contributed by atoms with E-state index in [-0.39, 0.29) is 84.6 Å². The first-order valence-corrected chi connectivity index (χ1v) is 14.2. The molecule has 0 saturated carbocycles. The van der Waals surface area contributed by atoms with E-state index in [0.29, 0.717) is 39.5 Å². The third-order valence-corrected chi connectivity index (χ3v) is 6.99. The van der Waals surface area contributed by atoms with Crippen molar-refractivity contribution in [2.75, 3.05) is 5.32 Å². The van der Waals surface area contributed by atoms with Crippen LogP contribution in [0.4, 0.5) is 11.4 Å². The number of aliphatic imine (C=N–C) groups is 1. The van der Waals surface area contributed by atoms with Gasteiger partial charge in [0.25, 0.3) is 18.2 Å². The summed E-state index contributed by atoms with van der Waals surface area (Å²) >= 11 is 0. The number of aromatic hydroxyl groups is 1. The predicted octanol–water partition coefficient (Wildman–Crippen LogP) is -1.34. The normalized spacial score (nSPS) is 11.7. The standard InChI is InChI=1S/C16H10N2O2.C10H9NO2.C8H5NO2.CH2O3.2Na.H/c19-15-10-6-2-4-8-12(10)17-14(15)13-9-5-1-3-7-11(9)18-16(13)20;1-7(12)13-10-6-11-9-5-3-2-4-8(9)10;10-7-5-3-1-2-4-6(5)9-8(7)11;2-1-4-3;;;/h1-8,18,20H;2-6,11H,1H3;1-4H,(H,9,10,11);1,3H;;;/q;;;;2*+1;-1/p-1. The fourth-order valence-electron chi connectivity index (χ4n) is 4.97. The third kappa shape index (κ3) is 8.83. The molecule has 0 fully saturated rings. The molecule has 0 saturated heterocycles. The minimum atomic E-state index is -0.536. The second-order valence-corrected chi connectivity index (χ2v) is 10.0. The number of anilines is 1. The Labute approximate surface area is 329 Å². The average Bonchev–Trinajstić information content (AvgIpc) is 3.83. The molecule has 2 aliphatic rings. The van der Waals surface area contributed by atoms with Gasteiger partial charge in [0.05, 0.1) is 22.5 Å². The van der Waals surface area contributed by atoms with Gasteiger partial charge in [0, 0.05) is 40.5 Å². The number of nitrogens with one attached hydrogen (secondary N) is 3. The quantitative estimate of drug-likeness (QED) is 0.0433. The summed E-state index contributed by atoms with van der Waals surface area (Å²) in [7, 11) is 0. The topological polar surface area (TPSA) is 203 Å². The molecule has 15 heteroatoms. The Morgan fingerprint density at radius 3 is 2.04 bits per heavy atom. The minimum absolute atomic E-state index is 0. The fraction of sp³-hybridized carbons (Fsp3) is 0.0286. The number of hydrogen-bond donors (Lipinski definition) is 4. The number of ether oxygens (including phenoxy) is 1. The molecule has 0 bridgehead atoms. The number of rotatable bonds is 3. The van der Waals surface area contributed by atoms with E-state index in [2.05, 4.69) is 25.2 Å². The number of ketones is 2. The van der Waals surface area contributed by atoms with Gasteiger partial charge in [0.15, 0.2) is 11.6 Å². The Morgan fingerprint density at radius 1 is 0.820 bits per heavy atom. The van der Waals surface area contributed by atoms with Gasteiger partial charge in [-0.3, -0.25) is 24.0 Å². The van der Waals surface area contributed by atoms with Crippen LogP contribution >= 0.6 is 0 Å². The molecule has 0 unspecified atom stereocenters. The SMILES string of the molecule is CC(=O)Oc1c[nH]c2ccccc12.O=C1C(c2c(O)[nH]c3ccccc23)=Nc2ccccc21.O=C1Nc2ccccc2C1=O.O=CO[O-].[H-].[Na+].[Na+]. The van der Waals surface area contributed by atoms with Crippen molar-refractivity contribution in [2.24, 2.45) is 4.99 Å². The number of esters is 1. The van der Waals surface area contributed by atoms with Crippen LogP contribution < -0.4 is 74.4 Å². The molecule has 242 valence electrons. The van der Waals surface area contributed by atoms with E-state index in [4.69, 9.17) is 14.8 Å². The Bertz CT molecular complexity index is 2230. The summed E-state index contributed by atoms with van der Waals surface area (Å²) in [5.74, 6) is -0.869. The molecule has 4 heterocycles. The molecule has 13 nitrogen and oxygen atoms in total. The van der Waals surface area contributed by atoms with E-state index in [1.165, 1.54) is 6.92 Å². The van der Waals surface area contributed by atoms with E-state index in [0.717, 1.165) is 21.8 Å². The van der Waals surface area contributed by atoms with Crippen LogP contribution in [0.2, 0.25) is 0 Å². The van der Waals surface area contributed by atoms with Crippen molar-refractivity contribution in [3.63, 3.8) is 0 Å². The number of benzene rings is 4. The largest absolute Gasteiger partial charge is 1.00 e. The van der Waals surface area contributed by atoms with Crippen molar-refractivity contribution in [3.05, 3.63) is 120 Å². The Kier molecular flexibility index (Phi) is 14.4. The molecule has 2 aliphatic heterocycles. The first-order chi connectivity index (χ1) is 23.2. The maximum atomic E-state index is 12.4. The van der Waals surface area contributed by atoms with E-state index in [9.17, 15) is 24.3 Å². The second-order valence-electron chi connectivity index (χ2n) is 10.0. The number of fused-ring (bicyclic) bond motifs is 4. The molecule has 50 heavy (non-hydrogen) atoms. The number of carbonyl (C=O) groups excluding carboxylic acids is 5. The van der Waals surface area contributed by atoms with E-state index in [1.807, 2.05) is 60.7 Å². The molecular weight excluding hydrogens is 666 g/mol. The summed E-state index contributed by atoms with van der Waals surface area (Å²) in [6, 6.07) is 29.2. The summed E-state index contributed by atoms with van der Waals surface area (Å²) in [6.07, 6.45) is 1.69. The molecule has 1 amide bonds. The van der Waals surface area contributed by atoms with Gasteiger partial charge in [-0.2, -0.15) is 0 Å². The summed E-state index contributed by atoms with van der Waals surface area (Å²) in [5.41, 5.74) is 4.83. The number of aromatic nitrogens is 2. The van der Waals surface area contributed by atoms with Crippen molar-refractivity contribution in [1.82, 2.24) is 9.97 Å². The molecule has 0 aliphatic carbocycles. The summed E-state index contributed by atoms with van der Waals surface area (Å²) in [5, 5.41) is 22.7. The number of para-hydroxylation sites is 4. The number of H-pyrrole nitrogens is 2. The number of aromatic amines is 2. The van der Waals surface area contributed by atoms with Gasteiger partial charge < -0.3 is 36.7 Å². The molecular formula is C35H26N4Na2O9. The fourth-order valence-corrected chi connectivity index (χ4v) is 4.97. The van der Waals surface area contributed by atoms with Crippen molar-refractivity contribution in [1.29, 1.82) is 0 Å². The number of carbonyl (C=O) groups is 5. The molecule has 0 spiro atoms. The first kappa shape index (κ1) is 39.6. The number of Topliss-reactive ketones (excluding diaryl/α,β-unsaturated/α-hetero) is 2. The number of nitrogens with zero attached hydrogens (tertiary/aromatic N) is 1.